The minimum Gasteiger partial charge on any atom is -0.493 e. The molecule has 2 saturated carbocycles. The molecule has 3 aliphatic carbocycles. The number of methoxy groups -OCH3 is 1. The quantitative estimate of drug-likeness (QED) is 0.596. The van der Waals surface area contributed by atoms with E-state index in [2.05, 4.69) is 26.8 Å². The lowest BCUT2D eigenvalue weighted by molar-refractivity contribution is -0.146. The van der Waals surface area contributed by atoms with Gasteiger partial charge in [-0.2, -0.15) is 0 Å². The van der Waals surface area contributed by atoms with E-state index < -0.39 is 0 Å². The summed E-state index contributed by atoms with van der Waals surface area (Å²) in [6, 6.07) is 6.00. The molecule has 7 heteroatoms. The van der Waals surface area contributed by atoms with Crippen LogP contribution in [0.5, 0.6) is 11.5 Å². The Morgan fingerprint density at radius 2 is 1.89 bits per heavy atom. The van der Waals surface area contributed by atoms with Gasteiger partial charge in [-0.1, -0.05) is 6.07 Å². The number of rotatable bonds is 5. The molecule has 1 amide bonds. The van der Waals surface area contributed by atoms with Crippen molar-refractivity contribution in [1.82, 2.24) is 14.7 Å². The molecule has 2 unspecified atom stereocenters. The fourth-order valence-corrected chi connectivity index (χ4v) is 10.7. The number of likely N-dealkylation sites (tertiary alicyclic amines) is 1. The van der Waals surface area contributed by atoms with Gasteiger partial charge in [0.15, 0.2) is 11.5 Å². The van der Waals surface area contributed by atoms with Crippen LogP contribution in [-0.2, 0) is 21.4 Å². The molecule has 1 aromatic carbocycles. The molecule has 0 aromatic heterocycles. The maximum absolute atomic E-state index is 14.2. The summed E-state index contributed by atoms with van der Waals surface area (Å²) in [6.07, 6.45) is 10.8. The van der Waals surface area contributed by atoms with Crippen molar-refractivity contribution in [2.75, 3.05) is 46.5 Å². The molecule has 7 nitrogen and oxygen atoms in total. The highest BCUT2D eigenvalue weighted by molar-refractivity contribution is 5.79. The summed E-state index contributed by atoms with van der Waals surface area (Å²) in [5.41, 5.74) is 3.13. The molecule has 9 aliphatic rings. The number of benzene rings is 1. The third-order valence-electron chi connectivity index (χ3n) is 12.4. The van der Waals surface area contributed by atoms with Gasteiger partial charge >= 0.3 is 0 Å². The predicted octanol–water partition coefficient (Wildman–Crippen LogP) is 2.98. The van der Waals surface area contributed by atoms with Crippen molar-refractivity contribution in [1.29, 1.82) is 0 Å². The van der Waals surface area contributed by atoms with E-state index in [1.807, 2.05) is 0 Å². The number of piperidine rings is 1. The zero-order chi connectivity index (χ0) is 25.2. The molecule has 0 N–H and O–H groups in total. The van der Waals surface area contributed by atoms with Crippen LogP contribution in [0.2, 0.25) is 0 Å². The van der Waals surface area contributed by atoms with Crippen LogP contribution in [-0.4, -0.2) is 97.4 Å². The van der Waals surface area contributed by atoms with Gasteiger partial charge in [-0.05, 0) is 81.9 Å². The molecule has 6 heterocycles. The Kier molecular flexibility index (Phi) is 4.76. The molecule has 1 aromatic rings. The maximum atomic E-state index is 14.2. The van der Waals surface area contributed by atoms with Crippen LogP contribution >= 0.6 is 0 Å². The first kappa shape index (κ1) is 22.9. The molecule has 5 saturated heterocycles. The van der Waals surface area contributed by atoms with Crippen LogP contribution in [0.15, 0.2) is 12.1 Å². The largest absolute Gasteiger partial charge is 0.493 e. The van der Waals surface area contributed by atoms with E-state index in [0.717, 1.165) is 82.2 Å². The Morgan fingerprint density at radius 3 is 2.68 bits per heavy atom. The van der Waals surface area contributed by atoms with E-state index in [9.17, 15) is 4.79 Å². The normalized spacial score (nSPS) is 42.6. The Balaban J connectivity index is 1.13. The first-order valence-electron chi connectivity index (χ1n) is 15.4. The van der Waals surface area contributed by atoms with Crippen molar-refractivity contribution >= 4 is 5.91 Å². The van der Waals surface area contributed by atoms with Gasteiger partial charge in [0.05, 0.1) is 32.9 Å². The molecule has 0 radical (unpaired) electrons. The van der Waals surface area contributed by atoms with Crippen molar-refractivity contribution in [3.8, 4) is 11.5 Å². The summed E-state index contributed by atoms with van der Waals surface area (Å²) in [4.78, 5) is 21.8. The topological polar surface area (TPSA) is 54.5 Å². The summed E-state index contributed by atoms with van der Waals surface area (Å²) < 4.78 is 18.8. The summed E-state index contributed by atoms with van der Waals surface area (Å²) >= 11 is 0. The van der Waals surface area contributed by atoms with Crippen LogP contribution in [0.1, 0.15) is 62.5 Å². The van der Waals surface area contributed by atoms with Crippen molar-refractivity contribution in [3.05, 3.63) is 23.3 Å². The van der Waals surface area contributed by atoms with Gasteiger partial charge in [-0.15, -0.1) is 0 Å². The number of fused-ring (bicyclic) bond motifs is 5. The molecule has 6 aliphatic heterocycles. The molecule has 38 heavy (non-hydrogen) atoms. The molecule has 2 spiro atoms. The number of morpholine rings is 1. The maximum Gasteiger partial charge on any atom is 0.237 e. The highest BCUT2D eigenvalue weighted by Crippen LogP contribution is 2.71. The molecule has 7 atom stereocenters. The van der Waals surface area contributed by atoms with Gasteiger partial charge in [0.1, 0.15) is 6.10 Å². The lowest BCUT2D eigenvalue weighted by Gasteiger charge is -2.66. The monoisotopic (exact) mass is 519 g/mol. The van der Waals surface area contributed by atoms with E-state index >= 15 is 0 Å². The second-order valence-electron chi connectivity index (χ2n) is 13.7. The van der Waals surface area contributed by atoms with Crippen LogP contribution in [0, 0.1) is 11.3 Å². The third kappa shape index (κ3) is 2.79. The van der Waals surface area contributed by atoms with Gasteiger partial charge in [0, 0.05) is 47.6 Å². The zero-order valence-corrected chi connectivity index (χ0v) is 22.7. The smallest absolute Gasteiger partial charge is 0.237 e. The van der Waals surface area contributed by atoms with Crippen LogP contribution in [0.25, 0.3) is 0 Å². The zero-order valence-electron chi connectivity index (χ0n) is 22.7. The number of carbonyl (C=O) groups excluding carboxylic acids is 1. The standard InChI is InChI=1S/C31H41N3O4/c1-36-24-7-4-20-14-25-30-9-8-23(33(13-10-30)26(35)16-34-21-5-6-22(34)18-37-17-21)29-31(30,27(20)28(24)38-29)11-12-32(25)15-19-2-3-19/h4,7,19,21-23,25,29H,2-3,5-6,8-18H2,1H3/t21?,22?,23-,25+,29+,30-,31+/m1/s1. The number of hydrogen-bond donors (Lipinski definition) is 0. The van der Waals surface area contributed by atoms with E-state index in [1.165, 1.54) is 36.9 Å². The molecule has 204 valence electrons. The van der Waals surface area contributed by atoms with Gasteiger partial charge in [0.25, 0.3) is 0 Å². The second kappa shape index (κ2) is 7.88. The molecule has 6 bridgehead atoms. The van der Waals surface area contributed by atoms with Gasteiger partial charge < -0.3 is 19.1 Å². The van der Waals surface area contributed by atoms with Crippen molar-refractivity contribution < 1.29 is 19.0 Å². The number of hydrogen-bond acceptors (Lipinski definition) is 6. The summed E-state index contributed by atoms with van der Waals surface area (Å²) in [6.45, 7) is 5.41. The fraction of sp³-hybridized carbons (Fsp3) is 0.774. The molecule has 7 fully saturated rings. The van der Waals surface area contributed by atoms with E-state index in [0.29, 0.717) is 30.6 Å². The summed E-state index contributed by atoms with van der Waals surface area (Å²) in [5.74, 6) is 3.09. The first-order valence-corrected chi connectivity index (χ1v) is 15.4. The number of nitrogens with zero attached hydrogens (tertiary/aromatic N) is 3. The Hall–Kier alpha value is -1.83. The Morgan fingerprint density at radius 1 is 1.05 bits per heavy atom. The van der Waals surface area contributed by atoms with Crippen LogP contribution in [0.4, 0.5) is 0 Å². The summed E-state index contributed by atoms with van der Waals surface area (Å²) in [5, 5.41) is 0. The predicted molar refractivity (Wildman–Crippen MR) is 142 cm³/mol. The highest BCUT2D eigenvalue weighted by atomic mass is 16.5. The van der Waals surface area contributed by atoms with E-state index in [1.54, 1.807) is 7.11 Å². The van der Waals surface area contributed by atoms with E-state index in [-0.39, 0.29) is 23.0 Å². The van der Waals surface area contributed by atoms with Crippen molar-refractivity contribution in [2.24, 2.45) is 11.3 Å². The molecular formula is C31H41N3O4. The first-order chi connectivity index (χ1) is 18.6. The van der Waals surface area contributed by atoms with Crippen LogP contribution in [0.3, 0.4) is 0 Å². The lowest BCUT2D eigenvalue weighted by atomic mass is 9.42. The van der Waals surface area contributed by atoms with Crippen LogP contribution < -0.4 is 9.47 Å². The number of amides is 1. The minimum absolute atomic E-state index is 0.00507. The number of ether oxygens (including phenoxy) is 3. The molecule has 10 rings (SSSR count). The SMILES string of the molecule is COc1ccc2c3c1O[C@H]1[C@H]4CC[C@@]5(CCN4C(=O)CN4C6CCC4COC6)[C@H](C2)N(CC2CC2)CC[C@]315. The Labute approximate surface area is 225 Å². The minimum atomic E-state index is 0.00507. The van der Waals surface area contributed by atoms with Gasteiger partial charge in [-0.3, -0.25) is 14.6 Å². The molecular weight excluding hydrogens is 478 g/mol. The van der Waals surface area contributed by atoms with Gasteiger partial charge in [-0.25, -0.2) is 0 Å². The Bertz CT molecular complexity index is 1170. The van der Waals surface area contributed by atoms with Crippen molar-refractivity contribution in [2.45, 2.75) is 93.5 Å². The fourth-order valence-electron chi connectivity index (χ4n) is 10.7. The second-order valence-corrected chi connectivity index (χ2v) is 13.7. The van der Waals surface area contributed by atoms with Gasteiger partial charge in [0.2, 0.25) is 5.91 Å². The van der Waals surface area contributed by atoms with Crippen molar-refractivity contribution in [3.63, 3.8) is 0 Å². The lowest BCUT2D eigenvalue weighted by Crippen LogP contribution is -2.73. The third-order valence-corrected chi connectivity index (χ3v) is 12.4. The van der Waals surface area contributed by atoms with E-state index in [4.69, 9.17) is 14.2 Å². The average molecular weight is 520 g/mol. The number of carbonyl (C=O) groups is 1. The summed E-state index contributed by atoms with van der Waals surface area (Å²) in [7, 11) is 1.77. The highest BCUT2D eigenvalue weighted by Gasteiger charge is 2.74. The average Bonchev–Trinajstić information content (AvgIpc) is 3.69.